The van der Waals surface area contributed by atoms with Crippen molar-refractivity contribution in [2.45, 2.75) is 6.42 Å². The Morgan fingerprint density at radius 3 is 3.00 bits per heavy atom. The molecule has 0 unspecified atom stereocenters. The van der Waals surface area contributed by atoms with Crippen LogP contribution in [0, 0.1) is 0 Å². The van der Waals surface area contributed by atoms with Crippen LogP contribution in [0.1, 0.15) is 6.42 Å². The molecule has 1 heterocycles. The molecule has 0 amide bonds. The van der Waals surface area contributed by atoms with Gasteiger partial charge in [0.1, 0.15) is 31.7 Å². The monoisotopic (exact) mass is 144 g/mol. The van der Waals surface area contributed by atoms with Crippen LogP contribution in [0.2, 0.25) is 0 Å². The fourth-order valence-electron chi connectivity index (χ4n) is 0.649. The summed E-state index contributed by atoms with van der Waals surface area (Å²) in [5, 5.41) is 8.29. The molecule has 1 N–H and O–H groups in total. The van der Waals surface area contributed by atoms with Crippen LogP contribution >= 0.6 is 0 Å². The molecule has 1 aliphatic rings. The Balaban J connectivity index is 2.38. The third-order valence-corrected chi connectivity index (χ3v) is 1.03. The molecular formula is C6H8O4. The molecule has 1 rings (SSSR count). The minimum atomic E-state index is -0.906. The Labute approximate surface area is 58.1 Å². The lowest BCUT2D eigenvalue weighted by molar-refractivity contribution is -0.137. The molecule has 0 spiro atoms. The topological polar surface area (TPSA) is 55.8 Å². The second kappa shape index (κ2) is 3.10. The Bertz CT molecular complexity index is 161. The second-order valence-corrected chi connectivity index (χ2v) is 1.87. The van der Waals surface area contributed by atoms with Gasteiger partial charge in [-0.05, 0) is 0 Å². The molecule has 0 aromatic carbocycles. The highest BCUT2D eigenvalue weighted by molar-refractivity contribution is 5.69. The van der Waals surface area contributed by atoms with Crippen molar-refractivity contribution in [3.8, 4) is 0 Å². The van der Waals surface area contributed by atoms with Gasteiger partial charge in [-0.15, -0.1) is 0 Å². The van der Waals surface area contributed by atoms with Crippen LogP contribution in [-0.4, -0.2) is 24.3 Å². The Morgan fingerprint density at radius 1 is 1.70 bits per heavy atom. The standard InChI is InChI=1S/C6H8O4/c7-6(8)3-5-4-9-1-2-10-5/h4H,1-3H2,(H,7,8). The van der Waals surface area contributed by atoms with E-state index in [0.717, 1.165) is 0 Å². The predicted octanol–water partition coefficient (Wildman–Crippen LogP) is 0.349. The van der Waals surface area contributed by atoms with Gasteiger partial charge in [0.05, 0.1) is 0 Å². The molecule has 0 atom stereocenters. The zero-order valence-corrected chi connectivity index (χ0v) is 5.37. The van der Waals surface area contributed by atoms with E-state index in [1.807, 2.05) is 0 Å². The summed E-state index contributed by atoms with van der Waals surface area (Å²) in [5.74, 6) is -0.518. The van der Waals surface area contributed by atoms with Crippen LogP contribution < -0.4 is 0 Å². The van der Waals surface area contributed by atoms with E-state index >= 15 is 0 Å². The van der Waals surface area contributed by atoms with Gasteiger partial charge in [0, 0.05) is 0 Å². The first-order valence-corrected chi connectivity index (χ1v) is 2.94. The molecule has 0 aliphatic carbocycles. The number of hydrogen-bond acceptors (Lipinski definition) is 3. The number of carboxylic acids is 1. The summed E-state index contributed by atoms with van der Waals surface area (Å²) in [5.41, 5.74) is 0. The lowest BCUT2D eigenvalue weighted by atomic mass is 10.4. The first-order chi connectivity index (χ1) is 4.79. The van der Waals surface area contributed by atoms with Crippen molar-refractivity contribution in [1.82, 2.24) is 0 Å². The van der Waals surface area contributed by atoms with Crippen molar-refractivity contribution in [3.63, 3.8) is 0 Å². The largest absolute Gasteiger partial charge is 0.494 e. The minimum absolute atomic E-state index is 0.0972. The lowest BCUT2D eigenvalue weighted by Crippen LogP contribution is -2.10. The van der Waals surface area contributed by atoms with E-state index < -0.39 is 5.97 Å². The Morgan fingerprint density at radius 2 is 2.50 bits per heavy atom. The third-order valence-electron chi connectivity index (χ3n) is 1.03. The molecular weight excluding hydrogens is 136 g/mol. The van der Waals surface area contributed by atoms with Gasteiger partial charge in [0.15, 0.2) is 0 Å². The van der Waals surface area contributed by atoms with Crippen LogP contribution in [-0.2, 0) is 14.3 Å². The Hall–Kier alpha value is -1.19. The first-order valence-electron chi connectivity index (χ1n) is 2.94. The second-order valence-electron chi connectivity index (χ2n) is 1.87. The van der Waals surface area contributed by atoms with Crippen molar-refractivity contribution < 1.29 is 19.4 Å². The zero-order chi connectivity index (χ0) is 7.40. The van der Waals surface area contributed by atoms with Crippen LogP contribution in [0.5, 0.6) is 0 Å². The quantitative estimate of drug-likeness (QED) is 0.607. The van der Waals surface area contributed by atoms with Gasteiger partial charge in [-0.2, -0.15) is 0 Å². The van der Waals surface area contributed by atoms with Gasteiger partial charge < -0.3 is 14.6 Å². The SMILES string of the molecule is O=C(O)CC1=COCCO1. The van der Waals surface area contributed by atoms with Gasteiger partial charge >= 0.3 is 5.97 Å². The van der Waals surface area contributed by atoms with Crippen molar-refractivity contribution in [3.05, 3.63) is 12.0 Å². The summed E-state index contributed by atoms with van der Waals surface area (Å²) in [4.78, 5) is 10.1. The average molecular weight is 144 g/mol. The number of carbonyl (C=O) groups is 1. The fraction of sp³-hybridized carbons (Fsp3) is 0.500. The summed E-state index contributed by atoms with van der Waals surface area (Å²) in [6.07, 6.45) is 1.25. The van der Waals surface area contributed by atoms with E-state index in [1.54, 1.807) is 0 Å². The number of rotatable bonds is 2. The summed E-state index contributed by atoms with van der Waals surface area (Å²) in [7, 11) is 0. The normalized spacial score (nSPS) is 16.6. The van der Waals surface area contributed by atoms with E-state index in [2.05, 4.69) is 0 Å². The van der Waals surface area contributed by atoms with Crippen molar-refractivity contribution >= 4 is 5.97 Å². The van der Waals surface area contributed by atoms with Gasteiger partial charge in [-0.25, -0.2) is 0 Å². The molecule has 0 saturated heterocycles. The predicted molar refractivity (Wildman–Crippen MR) is 32.2 cm³/mol. The molecule has 1 aliphatic heterocycles. The summed E-state index contributed by atoms with van der Waals surface area (Å²) >= 11 is 0. The molecule has 0 aromatic heterocycles. The van der Waals surface area contributed by atoms with E-state index in [9.17, 15) is 4.79 Å². The molecule has 0 saturated carbocycles. The molecule has 0 bridgehead atoms. The molecule has 0 aromatic rings. The fourth-order valence-corrected chi connectivity index (χ4v) is 0.649. The Kier molecular flexibility index (Phi) is 2.15. The van der Waals surface area contributed by atoms with Crippen molar-refractivity contribution in [1.29, 1.82) is 0 Å². The maximum Gasteiger partial charge on any atom is 0.311 e. The maximum atomic E-state index is 10.1. The van der Waals surface area contributed by atoms with Crippen LogP contribution in [0.25, 0.3) is 0 Å². The summed E-state index contributed by atoms with van der Waals surface area (Å²) in [6, 6.07) is 0. The van der Waals surface area contributed by atoms with Crippen LogP contribution in [0.3, 0.4) is 0 Å². The van der Waals surface area contributed by atoms with E-state index in [4.69, 9.17) is 14.6 Å². The molecule has 0 radical (unpaired) electrons. The highest BCUT2D eigenvalue weighted by Crippen LogP contribution is 2.07. The molecule has 56 valence electrons. The molecule has 4 nitrogen and oxygen atoms in total. The smallest absolute Gasteiger partial charge is 0.311 e. The van der Waals surface area contributed by atoms with E-state index in [-0.39, 0.29) is 6.42 Å². The molecule has 0 fully saturated rings. The highest BCUT2D eigenvalue weighted by atomic mass is 16.6. The first kappa shape index (κ1) is 6.92. The van der Waals surface area contributed by atoms with E-state index in [1.165, 1.54) is 6.26 Å². The van der Waals surface area contributed by atoms with E-state index in [0.29, 0.717) is 19.0 Å². The van der Waals surface area contributed by atoms with Gasteiger partial charge in [0.25, 0.3) is 0 Å². The van der Waals surface area contributed by atoms with Crippen LogP contribution in [0.15, 0.2) is 12.0 Å². The number of aliphatic carboxylic acids is 1. The maximum absolute atomic E-state index is 10.1. The van der Waals surface area contributed by atoms with Gasteiger partial charge in [-0.3, -0.25) is 4.79 Å². The average Bonchev–Trinajstić information content (AvgIpc) is 1.88. The minimum Gasteiger partial charge on any atom is -0.494 e. The van der Waals surface area contributed by atoms with Gasteiger partial charge in [-0.1, -0.05) is 0 Å². The van der Waals surface area contributed by atoms with Gasteiger partial charge in [0.2, 0.25) is 0 Å². The van der Waals surface area contributed by atoms with Crippen molar-refractivity contribution in [2.24, 2.45) is 0 Å². The number of hydrogen-bond donors (Lipinski definition) is 1. The third kappa shape index (κ3) is 1.97. The number of ether oxygens (including phenoxy) is 2. The molecule has 10 heavy (non-hydrogen) atoms. The lowest BCUT2D eigenvalue weighted by Gasteiger charge is -2.13. The number of carboxylic acid groups (broad SMARTS) is 1. The highest BCUT2D eigenvalue weighted by Gasteiger charge is 2.08. The summed E-state index contributed by atoms with van der Waals surface area (Å²) < 4.78 is 9.78. The summed E-state index contributed by atoms with van der Waals surface area (Å²) in [6.45, 7) is 0.947. The van der Waals surface area contributed by atoms with Crippen LogP contribution in [0.4, 0.5) is 0 Å². The zero-order valence-electron chi connectivity index (χ0n) is 5.37. The molecule has 4 heteroatoms. The van der Waals surface area contributed by atoms with Crippen molar-refractivity contribution in [2.75, 3.05) is 13.2 Å².